The molecular formula is C12H15F2N. The molecule has 0 atom stereocenters. The lowest BCUT2D eigenvalue weighted by atomic mass is 10.2. The lowest BCUT2D eigenvalue weighted by Gasteiger charge is -2.01. The average molecular weight is 211 g/mol. The van der Waals surface area contributed by atoms with E-state index in [1.54, 1.807) is 12.1 Å². The van der Waals surface area contributed by atoms with Gasteiger partial charge in [-0.2, -0.15) is 8.78 Å². The molecule has 1 aromatic carbocycles. The average Bonchev–Trinajstić information content (AvgIpc) is 2.60. The molecule has 0 saturated heterocycles. The highest BCUT2D eigenvalue weighted by atomic mass is 19.3. The molecule has 0 fully saturated rings. The van der Waals surface area contributed by atoms with Crippen LogP contribution in [0, 0.1) is 6.92 Å². The summed E-state index contributed by atoms with van der Waals surface area (Å²) < 4.78 is 25.9. The molecular weight excluding hydrogens is 196 g/mol. The van der Waals surface area contributed by atoms with Crippen LogP contribution in [0.1, 0.15) is 26.0 Å². The molecule has 1 heterocycles. The van der Waals surface area contributed by atoms with Gasteiger partial charge in [0, 0.05) is 11.6 Å². The molecule has 0 aliphatic heterocycles. The van der Waals surface area contributed by atoms with Crippen molar-refractivity contribution in [2.75, 3.05) is 0 Å². The predicted octanol–water partition coefficient (Wildman–Crippen LogP) is 4.37. The van der Waals surface area contributed by atoms with Crippen LogP contribution < -0.4 is 0 Å². The number of halogens is 2. The van der Waals surface area contributed by atoms with E-state index in [0.29, 0.717) is 5.52 Å². The second-order valence-corrected chi connectivity index (χ2v) is 3.01. The highest BCUT2D eigenvalue weighted by Crippen LogP contribution is 2.24. The summed E-state index contributed by atoms with van der Waals surface area (Å²) in [6.45, 7) is 3.37. The number of para-hydroxylation sites is 1. The Kier molecular flexibility index (Phi) is 3.83. The first-order valence-corrected chi connectivity index (χ1v) is 5.04. The zero-order chi connectivity index (χ0) is 11.4. The van der Waals surface area contributed by atoms with Crippen molar-refractivity contribution in [3.63, 3.8) is 0 Å². The minimum Gasteiger partial charge on any atom is -0.291 e. The Balaban J connectivity index is 0.000000531. The molecule has 1 nitrogen and oxygen atoms in total. The van der Waals surface area contributed by atoms with Crippen molar-refractivity contribution in [1.82, 2.24) is 4.57 Å². The van der Waals surface area contributed by atoms with Crippen LogP contribution in [0.25, 0.3) is 10.9 Å². The predicted molar refractivity (Wildman–Crippen MR) is 59.3 cm³/mol. The van der Waals surface area contributed by atoms with Crippen LogP contribution in [-0.4, -0.2) is 4.57 Å². The summed E-state index contributed by atoms with van der Waals surface area (Å²) >= 11 is 0. The maximum Gasteiger partial charge on any atom is 0.319 e. The third-order valence-corrected chi connectivity index (χ3v) is 2.15. The molecule has 1 aromatic heterocycles. The van der Waals surface area contributed by atoms with Crippen LogP contribution in [0.3, 0.4) is 0 Å². The maximum atomic E-state index is 12.5. The highest BCUT2D eigenvalue weighted by Gasteiger charge is 2.10. The van der Waals surface area contributed by atoms with Crippen molar-refractivity contribution >= 4 is 10.9 Å². The molecule has 0 bridgehead atoms. The van der Waals surface area contributed by atoms with E-state index in [-0.39, 0.29) is 0 Å². The Bertz CT molecular complexity index is 432. The van der Waals surface area contributed by atoms with Gasteiger partial charge in [-0.15, -0.1) is 0 Å². The van der Waals surface area contributed by atoms with Crippen molar-refractivity contribution in [3.8, 4) is 0 Å². The molecule has 0 amide bonds. The quantitative estimate of drug-likeness (QED) is 0.660. The second kappa shape index (κ2) is 4.91. The summed E-state index contributed by atoms with van der Waals surface area (Å²) in [5, 5.41) is 0.891. The zero-order valence-electron chi connectivity index (χ0n) is 9.17. The first-order chi connectivity index (χ1) is 7.20. The molecule has 0 aliphatic rings. The smallest absolute Gasteiger partial charge is 0.291 e. The lowest BCUT2D eigenvalue weighted by Crippen LogP contribution is -1.94. The fraction of sp³-hybridized carbons (Fsp3) is 0.333. The molecule has 0 radical (unpaired) electrons. The molecule has 3 heteroatoms. The van der Waals surface area contributed by atoms with Crippen molar-refractivity contribution in [2.24, 2.45) is 0 Å². The number of nitrogens with zero attached hydrogens (tertiary/aromatic N) is 1. The molecule has 2 aromatic rings. The van der Waals surface area contributed by atoms with Crippen LogP contribution >= 0.6 is 0 Å². The number of rotatable bonds is 1. The Morgan fingerprint density at radius 3 is 2.33 bits per heavy atom. The van der Waals surface area contributed by atoms with Gasteiger partial charge in [-0.1, -0.05) is 32.0 Å². The summed E-state index contributed by atoms with van der Waals surface area (Å²) in [6.07, 6.45) is 1.48. The number of fused-ring (bicyclic) bond motifs is 1. The first kappa shape index (κ1) is 11.7. The fourth-order valence-electron chi connectivity index (χ4n) is 1.54. The van der Waals surface area contributed by atoms with Crippen molar-refractivity contribution in [2.45, 2.75) is 27.3 Å². The largest absolute Gasteiger partial charge is 0.319 e. The van der Waals surface area contributed by atoms with Crippen molar-refractivity contribution in [3.05, 3.63) is 36.0 Å². The summed E-state index contributed by atoms with van der Waals surface area (Å²) in [5.41, 5.74) is 1.48. The van der Waals surface area contributed by atoms with E-state index in [0.717, 1.165) is 15.5 Å². The van der Waals surface area contributed by atoms with Crippen LogP contribution in [0.4, 0.5) is 8.78 Å². The van der Waals surface area contributed by atoms with E-state index in [1.165, 1.54) is 6.20 Å². The topological polar surface area (TPSA) is 4.93 Å². The zero-order valence-corrected chi connectivity index (χ0v) is 9.17. The molecule has 0 N–H and O–H groups in total. The number of alkyl halides is 2. The van der Waals surface area contributed by atoms with Crippen molar-refractivity contribution in [1.29, 1.82) is 0 Å². The second-order valence-electron chi connectivity index (χ2n) is 3.01. The first-order valence-electron chi connectivity index (χ1n) is 5.04. The Morgan fingerprint density at radius 1 is 1.13 bits per heavy atom. The van der Waals surface area contributed by atoms with E-state index in [9.17, 15) is 8.78 Å². The molecule has 0 saturated carbocycles. The molecule has 0 unspecified atom stereocenters. The molecule has 0 aliphatic carbocycles. The summed E-state index contributed by atoms with van der Waals surface area (Å²) in [4.78, 5) is 0. The molecule has 15 heavy (non-hydrogen) atoms. The van der Waals surface area contributed by atoms with E-state index in [2.05, 4.69) is 0 Å². The van der Waals surface area contributed by atoms with Crippen LogP contribution in [0.2, 0.25) is 0 Å². The summed E-state index contributed by atoms with van der Waals surface area (Å²) in [7, 11) is 0. The number of hydrogen-bond acceptors (Lipinski definition) is 0. The van der Waals surface area contributed by atoms with E-state index in [1.807, 2.05) is 32.9 Å². The van der Waals surface area contributed by atoms with E-state index in [4.69, 9.17) is 0 Å². The van der Waals surface area contributed by atoms with Gasteiger partial charge >= 0.3 is 6.55 Å². The van der Waals surface area contributed by atoms with Crippen molar-refractivity contribution < 1.29 is 8.78 Å². The summed E-state index contributed by atoms with van der Waals surface area (Å²) in [6, 6.07) is 7.17. The Hall–Kier alpha value is -1.38. The lowest BCUT2D eigenvalue weighted by molar-refractivity contribution is 0.0751. The normalized spacial score (nSPS) is 10.3. The van der Waals surface area contributed by atoms with Crippen LogP contribution in [-0.2, 0) is 0 Å². The van der Waals surface area contributed by atoms with Gasteiger partial charge in [0.15, 0.2) is 0 Å². The van der Waals surface area contributed by atoms with Gasteiger partial charge in [0.05, 0.1) is 5.52 Å². The van der Waals surface area contributed by atoms with Gasteiger partial charge < -0.3 is 0 Å². The van der Waals surface area contributed by atoms with Gasteiger partial charge in [0.25, 0.3) is 0 Å². The van der Waals surface area contributed by atoms with Gasteiger partial charge in [0.2, 0.25) is 0 Å². The number of aromatic nitrogens is 1. The van der Waals surface area contributed by atoms with Crippen LogP contribution in [0.15, 0.2) is 30.5 Å². The fourth-order valence-corrected chi connectivity index (χ4v) is 1.54. The maximum absolute atomic E-state index is 12.5. The summed E-state index contributed by atoms with van der Waals surface area (Å²) in [5.74, 6) is 0. The monoisotopic (exact) mass is 211 g/mol. The molecule has 82 valence electrons. The number of aryl methyl sites for hydroxylation is 1. The van der Waals surface area contributed by atoms with Crippen LogP contribution in [0.5, 0.6) is 0 Å². The Labute approximate surface area is 88.3 Å². The van der Waals surface area contributed by atoms with Gasteiger partial charge in [-0.05, 0) is 18.6 Å². The van der Waals surface area contributed by atoms with Gasteiger partial charge in [0.1, 0.15) is 0 Å². The molecule has 2 rings (SSSR count). The number of hydrogen-bond donors (Lipinski definition) is 0. The minimum atomic E-state index is -2.46. The molecule has 0 spiro atoms. The van der Waals surface area contributed by atoms with Gasteiger partial charge in [-0.3, -0.25) is 4.57 Å². The minimum absolute atomic E-state index is 0.593. The third kappa shape index (κ3) is 2.17. The standard InChI is InChI=1S/C10H9F2N.C2H6/c1-7-6-13(10(11)12)9-5-3-2-4-8(7)9;1-2/h2-6,10H,1H3;1-2H3. The van der Waals surface area contributed by atoms with E-state index < -0.39 is 6.55 Å². The third-order valence-electron chi connectivity index (χ3n) is 2.15. The van der Waals surface area contributed by atoms with Gasteiger partial charge in [-0.25, -0.2) is 0 Å². The Morgan fingerprint density at radius 2 is 1.73 bits per heavy atom. The highest BCUT2D eigenvalue weighted by molar-refractivity contribution is 5.83. The SMILES string of the molecule is CC.Cc1cn(C(F)F)c2ccccc12. The number of benzene rings is 1. The van der Waals surface area contributed by atoms with E-state index >= 15 is 0 Å².